The number of benzene rings is 2. The molecule has 4 rings (SSSR count). The zero-order chi connectivity index (χ0) is 17.2. The average molecular weight is 335 g/mol. The lowest BCUT2D eigenvalue weighted by molar-refractivity contribution is -0.101. The van der Waals surface area contributed by atoms with E-state index in [1.54, 1.807) is 0 Å². The maximum atomic E-state index is 11.4. The Morgan fingerprint density at radius 2 is 2.00 bits per heavy atom. The van der Waals surface area contributed by atoms with Crippen molar-refractivity contribution in [1.29, 1.82) is 0 Å². The third kappa shape index (κ3) is 2.88. The Morgan fingerprint density at radius 3 is 2.76 bits per heavy atom. The van der Waals surface area contributed by atoms with Crippen LogP contribution in [0, 0.1) is 6.92 Å². The van der Waals surface area contributed by atoms with Crippen molar-refractivity contribution in [3.05, 3.63) is 71.4 Å². The molecule has 1 aromatic heterocycles. The molecule has 3 aromatic rings. The van der Waals surface area contributed by atoms with Gasteiger partial charge in [-0.3, -0.25) is 4.79 Å². The monoisotopic (exact) mass is 335 g/mol. The van der Waals surface area contributed by atoms with Crippen LogP contribution in [0.2, 0.25) is 0 Å². The summed E-state index contributed by atoms with van der Waals surface area (Å²) < 4.78 is 14.0. The first-order valence-corrected chi connectivity index (χ1v) is 8.59. The Hall–Kier alpha value is -2.43. The van der Waals surface area contributed by atoms with Crippen molar-refractivity contribution in [2.24, 2.45) is 0 Å². The molecule has 25 heavy (non-hydrogen) atoms. The Balaban J connectivity index is 1.89. The molecule has 2 atom stereocenters. The normalized spacial score (nSPS) is 19.0. The smallest absolute Gasteiger partial charge is 0.150 e. The summed E-state index contributed by atoms with van der Waals surface area (Å²) >= 11 is 0. The van der Waals surface area contributed by atoms with E-state index < -0.39 is 0 Å². The van der Waals surface area contributed by atoms with Gasteiger partial charge in [0.2, 0.25) is 0 Å². The van der Waals surface area contributed by atoms with Crippen molar-refractivity contribution in [3.8, 4) is 0 Å². The molecule has 0 spiro atoms. The standard InChI is InChI=1S/C21H21NO3/c1-15-5-2-3-7-17(15)21(20-14-24-11-12-25-20)22-10-9-18-16(13-23)6-4-8-19(18)22/h2-10,13,20-21H,11-12,14H2,1H3. The molecule has 1 aliphatic rings. The van der Waals surface area contributed by atoms with E-state index in [2.05, 4.69) is 35.8 Å². The van der Waals surface area contributed by atoms with Crippen LogP contribution >= 0.6 is 0 Å². The molecule has 1 fully saturated rings. The second-order valence-corrected chi connectivity index (χ2v) is 6.41. The molecule has 2 heterocycles. The van der Waals surface area contributed by atoms with Gasteiger partial charge in [-0.2, -0.15) is 0 Å². The minimum Gasteiger partial charge on any atom is -0.376 e. The van der Waals surface area contributed by atoms with Gasteiger partial charge < -0.3 is 14.0 Å². The van der Waals surface area contributed by atoms with Crippen molar-refractivity contribution >= 4 is 17.2 Å². The Kier molecular flexibility index (Phi) is 4.38. The van der Waals surface area contributed by atoms with Crippen molar-refractivity contribution in [2.75, 3.05) is 19.8 Å². The molecule has 2 aromatic carbocycles. The maximum Gasteiger partial charge on any atom is 0.150 e. The summed E-state index contributed by atoms with van der Waals surface area (Å²) in [5.41, 5.74) is 4.18. The van der Waals surface area contributed by atoms with Crippen LogP contribution in [0.4, 0.5) is 0 Å². The van der Waals surface area contributed by atoms with Crippen molar-refractivity contribution in [2.45, 2.75) is 19.1 Å². The number of aldehydes is 1. The molecule has 1 aliphatic heterocycles. The largest absolute Gasteiger partial charge is 0.376 e. The van der Waals surface area contributed by atoms with E-state index >= 15 is 0 Å². The minimum atomic E-state index is -0.0645. The number of carbonyl (C=O) groups is 1. The summed E-state index contributed by atoms with van der Waals surface area (Å²) in [5, 5.41) is 0.966. The van der Waals surface area contributed by atoms with Gasteiger partial charge in [-0.25, -0.2) is 0 Å². The van der Waals surface area contributed by atoms with Gasteiger partial charge in [-0.15, -0.1) is 0 Å². The van der Waals surface area contributed by atoms with E-state index in [9.17, 15) is 4.79 Å². The number of hydrogen-bond acceptors (Lipinski definition) is 3. The first-order valence-electron chi connectivity index (χ1n) is 8.59. The SMILES string of the molecule is Cc1ccccc1C(C1COCCO1)n1ccc2c(C=O)cccc21. The van der Waals surface area contributed by atoms with E-state index in [-0.39, 0.29) is 12.1 Å². The van der Waals surface area contributed by atoms with Gasteiger partial charge in [-0.05, 0) is 30.2 Å². The maximum absolute atomic E-state index is 11.4. The summed E-state index contributed by atoms with van der Waals surface area (Å²) in [7, 11) is 0. The molecule has 2 unspecified atom stereocenters. The van der Waals surface area contributed by atoms with Crippen LogP contribution in [0.1, 0.15) is 27.5 Å². The summed E-state index contributed by atoms with van der Waals surface area (Å²) in [6.45, 7) is 3.92. The number of ether oxygens (including phenoxy) is 2. The molecule has 0 amide bonds. The molecule has 0 saturated carbocycles. The summed E-state index contributed by atoms with van der Waals surface area (Å²) in [5.74, 6) is 0. The van der Waals surface area contributed by atoms with Gasteiger partial charge in [0.15, 0.2) is 6.29 Å². The number of nitrogens with zero attached hydrogens (tertiary/aromatic N) is 1. The number of hydrogen-bond donors (Lipinski definition) is 0. The fraction of sp³-hybridized carbons (Fsp3) is 0.286. The zero-order valence-corrected chi connectivity index (χ0v) is 14.2. The van der Waals surface area contributed by atoms with E-state index in [0.717, 1.165) is 17.2 Å². The van der Waals surface area contributed by atoms with Crippen LogP contribution in [0.15, 0.2) is 54.7 Å². The quantitative estimate of drug-likeness (QED) is 0.682. The van der Waals surface area contributed by atoms with E-state index in [0.29, 0.717) is 25.4 Å². The molecule has 128 valence electrons. The second kappa shape index (κ2) is 6.82. The van der Waals surface area contributed by atoms with E-state index in [1.807, 2.05) is 30.5 Å². The van der Waals surface area contributed by atoms with E-state index in [1.165, 1.54) is 11.1 Å². The third-order valence-corrected chi connectivity index (χ3v) is 4.92. The minimum absolute atomic E-state index is 0.000835. The van der Waals surface area contributed by atoms with Gasteiger partial charge in [0.05, 0.1) is 25.9 Å². The van der Waals surface area contributed by atoms with E-state index in [4.69, 9.17) is 9.47 Å². The summed E-state index contributed by atoms with van der Waals surface area (Å²) in [6, 6.07) is 16.2. The molecule has 4 nitrogen and oxygen atoms in total. The highest BCUT2D eigenvalue weighted by atomic mass is 16.6. The Morgan fingerprint density at radius 1 is 1.12 bits per heavy atom. The van der Waals surface area contributed by atoms with Gasteiger partial charge in [-0.1, -0.05) is 36.4 Å². The van der Waals surface area contributed by atoms with Crippen molar-refractivity contribution < 1.29 is 14.3 Å². The van der Waals surface area contributed by atoms with Crippen LogP contribution in [0.3, 0.4) is 0 Å². The van der Waals surface area contributed by atoms with Crippen molar-refractivity contribution in [1.82, 2.24) is 4.57 Å². The Labute approximate surface area is 147 Å². The first-order chi connectivity index (χ1) is 12.3. The molecule has 0 bridgehead atoms. The molecule has 4 heteroatoms. The third-order valence-electron chi connectivity index (χ3n) is 4.92. The zero-order valence-electron chi connectivity index (χ0n) is 14.2. The number of aryl methyl sites for hydroxylation is 1. The van der Waals surface area contributed by atoms with Gasteiger partial charge in [0.1, 0.15) is 6.10 Å². The fourth-order valence-corrected chi connectivity index (χ4v) is 3.69. The molecular weight excluding hydrogens is 314 g/mol. The second-order valence-electron chi connectivity index (χ2n) is 6.41. The topological polar surface area (TPSA) is 40.5 Å². The number of rotatable bonds is 4. The number of fused-ring (bicyclic) bond motifs is 1. The van der Waals surface area contributed by atoms with Crippen molar-refractivity contribution in [3.63, 3.8) is 0 Å². The summed E-state index contributed by atoms with van der Waals surface area (Å²) in [6.07, 6.45) is 2.90. The molecule has 1 saturated heterocycles. The fourth-order valence-electron chi connectivity index (χ4n) is 3.69. The highest BCUT2D eigenvalue weighted by Crippen LogP contribution is 2.32. The molecular formula is C21H21NO3. The predicted octanol–water partition coefficient (Wildman–Crippen LogP) is 3.77. The van der Waals surface area contributed by atoms with Gasteiger partial charge in [0.25, 0.3) is 0 Å². The van der Waals surface area contributed by atoms with Crippen LogP contribution < -0.4 is 0 Å². The lowest BCUT2D eigenvalue weighted by Crippen LogP contribution is -2.37. The molecule has 0 aliphatic carbocycles. The highest BCUT2D eigenvalue weighted by molar-refractivity contribution is 5.97. The first kappa shape index (κ1) is 16.1. The lowest BCUT2D eigenvalue weighted by atomic mass is 9.96. The van der Waals surface area contributed by atoms with Crippen LogP contribution in [0.5, 0.6) is 0 Å². The lowest BCUT2D eigenvalue weighted by Gasteiger charge is -2.33. The molecule has 0 N–H and O–H groups in total. The Bertz CT molecular complexity index is 893. The predicted molar refractivity (Wildman–Crippen MR) is 97.2 cm³/mol. The molecule has 0 radical (unpaired) electrons. The number of aromatic nitrogens is 1. The summed E-state index contributed by atoms with van der Waals surface area (Å²) in [4.78, 5) is 11.4. The van der Waals surface area contributed by atoms with Crippen LogP contribution in [0.25, 0.3) is 10.9 Å². The number of carbonyl (C=O) groups excluding carboxylic acids is 1. The van der Waals surface area contributed by atoms with Crippen LogP contribution in [-0.2, 0) is 9.47 Å². The average Bonchev–Trinajstić information content (AvgIpc) is 3.08. The highest BCUT2D eigenvalue weighted by Gasteiger charge is 2.30. The van der Waals surface area contributed by atoms with Gasteiger partial charge in [0, 0.05) is 22.7 Å². The van der Waals surface area contributed by atoms with Gasteiger partial charge >= 0.3 is 0 Å². The van der Waals surface area contributed by atoms with Crippen LogP contribution in [-0.4, -0.2) is 36.8 Å².